The number of fused-ring (bicyclic) bond motifs is 24. The van der Waals surface area contributed by atoms with Gasteiger partial charge < -0.3 is 9.13 Å². The lowest BCUT2D eigenvalue weighted by molar-refractivity contribution is 0.748. The zero-order valence-electron chi connectivity index (χ0n) is 37.7. The lowest BCUT2D eigenvalue weighted by Gasteiger charge is -2.39. The monoisotopic (exact) mass is 886 g/mol. The predicted molar refractivity (Wildman–Crippen MR) is 283 cm³/mol. The minimum Gasteiger partial charge on any atom is -0.309 e. The fourth-order valence-corrected chi connectivity index (χ4v) is 14.1. The third-order valence-electron chi connectivity index (χ3n) is 16.6. The maximum absolute atomic E-state index is 5.26. The van der Waals surface area contributed by atoms with Crippen LogP contribution in [0.25, 0.3) is 99.8 Å². The highest BCUT2D eigenvalue weighted by Gasteiger charge is 2.52. The Morgan fingerprint density at radius 1 is 0.286 bits per heavy atom. The SMILES string of the molecule is c1ccc2c(c1)-c1ccccc1C21c2ccc(-c3cnc(-c4ccc5c(c4)-n4c6ccccc6c6cccc(c64)C54c5ccccc5-c5ccccc54)cn3)cc2-n2c3ccccc3c3cccc1c32. The number of rotatable bonds is 2. The molecule has 0 radical (unpaired) electrons. The summed E-state index contributed by atoms with van der Waals surface area (Å²) in [6.45, 7) is 0. The molecule has 2 aliphatic carbocycles. The molecule has 3 aromatic heterocycles. The van der Waals surface area contributed by atoms with E-state index in [0.717, 1.165) is 22.5 Å². The third-order valence-corrected chi connectivity index (χ3v) is 16.6. The van der Waals surface area contributed by atoms with E-state index >= 15 is 0 Å². The molecule has 70 heavy (non-hydrogen) atoms. The molecule has 0 saturated heterocycles. The minimum absolute atomic E-state index is 0.495. The van der Waals surface area contributed by atoms with Gasteiger partial charge >= 0.3 is 0 Å². The zero-order chi connectivity index (χ0) is 45.5. The summed E-state index contributed by atoms with van der Waals surface area (Å²) in [6, 6.07) is 81.6. The second kappa shape index (κ2) is 12.9. The Morgan fingerprint density at radius 3 is 1.03 bits per heavy atom. The van der Waals surface area contributed by atoms with Crippen LogP contribution in [-0.4, -0.2) is 19.1 Å². The molecule has 5 heterocycles. The quantitative estimate of drug-likeness (QED) is 0.173. The molecule has 4 nitrogen and oxygen atoms in total. The van der Waals surface area contributed by atoms with Gasteiger partial charge in [-0.05, 0) is 91.0 Å². The largest absolute Gasteiger partial charge is 0.309 e. The molecule has 0 amide bonds. The van der Waals surface area contributed by atoms with E-state index in [1.165, 1.54) is 122 Å². The molecule has 2 aliphatic heterocycles. The van der Waals surface area contributed by atoms with E-state index in [1.807, 2.05) is 12.4 Å². The second-order valence-corrected chi connectivity index (χ2v) is 19.5. The zero-order valence-corrected chi connectivity index (χ0v) is 37.7. The van der Waals surface area contributed by atoms with Crippen LogP contribution in [0.3, 0.4) is 0 Å². The van der Waals surface area contributed by atoms with Crippen LogP contribution in [-0.2, 0) is 10.8 Å². The molecule has 0 fully saturated rings. The fraction of sp³-hybridized carbons (Fsp3) is 0.0303. The van der Waals surface area contributed by atoms with Crippen molar-refractivity contribution in [1.29, 1.82) is 0 Å². The Balaban J connectivity index is 0.861. The fourth-order valence-electron chi connectivity index (χ4n) is 14.1. The standard InChI is InChI=1S/C66H38N4/c1-7-23-49-41(15-1)42-16-2-8-24-50(42)65(49)53-33-31-39(35-61(53)69-59-29-11-5-19-45(59)47-21-13-27-55(65)63(47)69)57-37-68-58(38-67-57)40-32-34-54-62(36-40)70-60-30-12-6-20-46(60)48-22-14-28-56(64(48)70)66(54)51-25-9-3-17-43(51)44-18-4-10-26-52(44)66/h1-38H. The molecule has 17 rings (SSSR count). The summed E-state index contributed by atoms with van der Waals surface area (Å²) in [7, 11) is 0. The summed E-state index contributed by atoms with van der Waals surface area (Å²) in [5.74, 6) is 0. The summed E-state index contributed by atoms with van der Waals surface area (Å²) in [5, 5.41) is 5.05. The van der Waals surface area contributed by atoms with E-state index in [2.05, 4.69) is 228 Å². The first-order valence-corrected chi connectivity index (χ1v) is 24.3. The van der Waals surface area contributed by atoms with Crippen LogP contribution in [0.15, 0.2) is 231 Å². The second-order valence-electron chi connectivity index (χ2n) is 19.5. The van der Waals surface area contributed by atoms with Gasteiger partial charge in [-0.1, -0.05) is 194 Å². The first-order valence-electron chi connectivity index (χ1n) is 24.3. The average Bonchev–Trinajstić information content (AvgIpc) is 4.14. The van der Waals surface area contributed by atoms with Crippen LogP contribution in [0.1, 0.15) is 44.5 Å². The van der Waals surface area contributed by atoms with Crippen molar-refractivity contribution in [3.05, 3.63) is 275 Å². The van der Waals surface area contributed by atoms with Gasteiger partial charge in [0.2, 0.25) is 0 Å². The van der Waals surface area contributed by atoms with Gasteiger partial charge in [0.15, 0.2) is 0 Å². The molecule has 0 atom stereocenters. The number of aromatic nitrogens is 4. The lowest BCUT2D eigenvalue weighted by Crippen LogP contribution is -2.33. The molecule has 322 valence electrons. The smallest absolute Gasteiger partial charge is 0.0886 e. The van der Waals surface area contributed by atoms with Gasteiger partial charge in [0.05, 0.1) is 68.1 Å². The number of hydrogen-bond acceptors (Lipinski definition) is 2. The van der Waals surface area contributed by atoms with Crippen molar-refractivity contribution >= 4 is 43.6 Å². The summed E-state index contributed by atoms with van der Waals surface area (Å²) in [6.07, 6.45) is 3.94. The van der Waals surface area contributed by atoms with E-state index in [9.17, 15) is 0 Å². The van der Waals surface area contributed by atoms with E-state index in [0.29, 0.717) is 0 Å². The van der Waals surface area contributed by atoms with Crippen LogP contribution in [0.5, 0.6) is 0 Å². The maximum atomic E-state index is 5.26. The topological polar surface area (TPSA) is 35.6 Å². The number of para-hydroxylation sites is 4. The third kappa shape index (κ3) is 4.19. The Labute approximate surface area is 403 Å². The Hall–Kier alpha value is -9.12. The molecule has 0 unspecified atom stereocenters. The average molecular weight is 887 g/mol. The van der Waals surface area contributed by atoms with E-state index in [4.69, 9.17) is 9.97 Å². The highest BCUT2D eigenvalue weighted by molar-refractivity contribution is 6.14. The molecule has 4 aliphatic rings. The molecule has 4 heteroatoms. The van der Waals surface area contributed by atoms with Crippen molar-refractivity contribution in [3.63, 3.8) is 0 Å². The van der Waals surface area contributed by atoms with Crippen molar-refractivity contribution in [2.24, 2.45) is 0 Å². The summed E-state index contributed by atoms with van der Waals surface area (Å²) in [5.41, 5.74) is 25.7. The van der Waals surface area contributed by atoms with Gasteiger partial charge in [-0.15, -0.1) is 0 Å². The summed E-state index contributed by atoms with van der Waals surface area (Å²) in [4.78, 5) is 10.5. The normalized spacial score (nSPS) is 14.5. The van der Waals surface area contributed by atoms with Crippen LogP contribution >= 0.6 is 0 Å². The highest BCUT2D eigenvalue weighted by atomic mass is 15.0. The van der Waals surface area contributed by atoms with Gasteiger partial charge in [-0.2, -0.15) is 0 Å². The minimum atomic E-state index is -0.495. The molecular weight excluding hydrogens is 849 g/mol. The molecule has 0 N–H and O–H groups in total. The van der Waals surface area contributed by atoms with Gasteiger partial charge in [-0.25, -0.2) is 0 Å². The Morgan fingerprint density at radius 2 is 0.629 bits per heavy atom. The van der Waals surface area contributed by atoms with E-state index in [1.54, 1.807) is 0 Å². The summed E-state index contributed by atoms with van der Waals surface area (Å²) < 4.78 is 5.02. The van der Waals surface area contributed by atoms with E-state index in [-0.39, 0.29) is 0 Å². The molecule has 0 saturated carbocycles. The molecule has 10 aromatic carbocycles. The highest BCUT2D eigenvalue weighted by Crippen LogP contribution is 2.63. The van der Waals surface area contributed by atoms with Crippen molar-refractivity contribution in [1.82, 2.24) is 19.1 Å². The van der Waals surface area contributed by atoms with Gasteiger partial charge in [0, 0.05) is 32.7 Å². The number of benzene rings is 10. The first-order chi connectivity index (χ1) is 34.7. The maximum Gasteiger partial charge on any atom is 0.0886 e. The summed E-state index contributed by atoms with van der Waals surface area (Å²) >= 11 is 0. The number of nitrogens with zero attached hydrogens (tertiary/aromatic N) is 4. The Kier molecular flexibility index (Phi) is 6.80. The van der Waals surface area contributed by atoms with Crippen LogP contribution < -0.4 is 0 Å². The van der Waals surface area contributed by atoms with Crippen LogP contribution in [0.2, 0.25) is 0 Å². The van der Waals surface area contributed by atoms with Crippen molar-refractivity contribution < 1.29 is 0 Å². The van der Waals surface area contributed by atoms with Gasteiger partial charge in [0.1, 0.15) is 0 Å². The molecular formula is C66H38N4. The van der Waals surface area contributed by atoms with Crippen molar-refractivity contribution in [2.45, 2.75) is 10.8 Å². The molecule has 13 aromatic rings. The first kappa shape index (κ1) is 36.9. The van der Waals surface area contributed by atoms with Crippen LogP contribution in [0, 0.1) is 0 Å². The Bertz CT molecular complexity index is 4110. The van der Waals surface area contributed by atoms with Gasteiger partial charge in [0.25, 0.3) is 0 Å². The van der Waals surface area contributed by atoms with Crippen molar-refractivity contribution in [2.75, 3.05) is 0 Å². The molecule has 2 spiro atoms. The molecule has 0 bridgehead atoms. The predicted octanol–water partition coefficient (Wildman–Crippen LogP) is 15.4. The van der Waals surface area contributed by atoms with Gasteiger partial charge in [-0.3, -0.25) is 9.97 Å². The number of hydrogen-bond donors (Lipinski definition) is 0. The lowest BCUT2D eigenvalue weighted by atomic mass is 9.65. The van der Waals surface area contributed by atoms with E-state index < -0.39 is 10.8 Å². The van der Waals surface area contributed by atoms with Crippen molar-refractivity contribution in [3.8, 4) is 56.1 Å². The van der Waals surface area contributed by atoms with Crippen LogP contribution in [0.4, 0.5) is 0 Å².